The van der Waals surface area contributed by atoms with Crippen molar-refractivity contribution in [1.82, 2.24) is 0 Å². The maximum atomic E-state index is 10.8. The van der Waals surface area contributed by atoms with Crippen LogP contribution in [0, 0.1) is 10.1 Å². The van der Waals surface area contributed by atoms with Gasteiger partial charge in [-0.05, 0) is 6.07 Å². The maximum Gasteiger partial charge on any atom is 0.316 e. The molecular formula is C7H5NO3. The summed E-state index contributed by atoms with van der Waals surface area (Å²) in [6.45, 7) is 0. The summed E-state index contributed by atoms with van der Waals surface area (Å²) in [6, 6.07) is 6.84. The molecular weight excluding hydrogens is 146 g/mol. The summed E-state index contributed by atoms with van der Waals surface area (Å²) in [5, 5.41) is 10.2. The number of nitrogens with zero attached hydrogens (tertiary/aromatic N) is 1. The zero-order chi connectivity index (χ0) is 8.27. The SMILES string of the molecule is O=c1cccccc1[N+](=O)[O-]. The highest BCUT2D eigenvalue weighted by Gasteiger charge is 2.06. The minimum atomic E-state index is -0.692. The minimum absolute atomic E-state index is 0.394. The van der Waals surface area contributed by atoms with E-state index in [1.54, 1.807) is 6.07 Å². The molecule has 0 N–H and O–H groups in total. The van der Waals surface area contributed by atoms with Gasteiger partial charge in [0.25, 0.3) is 5.43 Å². The van der Waals surface area contributed by atoms with Crippen molar-refractivity contribution in [3.8, 4) is 0 Å². The van der Waals surface area contributed by atoms with Crippen molar-refractivity contribution in [3.63, 3.8) is 0 Å². The van der Waals surface area contributed by atoms with Crippen LogP contribution in [0.5, 0.6) is 0 Å². The molecule has 0 spiro atoms. The molecule has 1 aromatic carbocycles. The van der Waals surface area contributed by atoms with Gasteiger partial charge in [0.05, 0.1) is 4.92 Å². The van der Waals surface area contributed by atoms with Gasteiger partial charge in [0.1, 0.15) is 0 Å². The molecule has 0 unspecified atom stereocenters. The predicted octanol–water partition coefficient (Wildman–Crippen LogP) is 0.955. The Morgan fingerprint density at radius 3 is 2.45 bits per heavy atom. The molecule has 0 heterocycles. The largest absolute Gasteiger partial charge is 0.316 e. The average molecular weight is 151 g/mol. The summed E-state index contributed by atoms with van der Waals surface area (Å²) in [5.74, 6) is 0. The highest BCUT2D eigenvalue weighted by atomic mass is 16.6. The van der Waals surface area contributed by atoms with E-state index < -0.39 is 16.0 Å². The molecule has 0 amide bonds. The summed E-state index contributed by atoms with van der Waals surface area (Å²) in [5.41, 5.74) is -0.963. The molecule has 11 heavy (non-hydrogen) atoms. The van der Waals surface area contributed by atoms with Crippen molar-refractivity contribution < 1.29 is 4.92 Å². The third-order valence-electron chi connectivity index (χ3n) is 1.17. The molecule has 0 bridgehead atoms. The molecule has 0 radical (unpaired) electrons. The smallest absolute Gasteiger partial charge is 0.282 e. The Bertz CT molecular complexity index is 335. The number of nitro groups is 1. The lowest BCUT2D eigenvalue weighted by Crippen LogP contribution is -2.02. The molecule has 0 aliphatic heterocycles. The van der Waals surface area contributed by atoms with Crippen molar-refractivity contribution >= 4 is 5.69 Å². The van der Waals surface area contributed by atoms with Gasteiger partial charge in [-0.3, -0.25) is 14.9 Å². The summed E-state index contributed by atoms with van der Waals surface area (Å²) in [4.78, 5) is 20.3. The second-order valence-electron chi connectivity index (χ2n) is 1.92. The Labute approximate surface area is 62.3 Å². The molecule has 0 aliphatic rings. The summed E-state index contributed by atoms with van der Waals surface area (Å²) >= 11 is 0. The van der Waals surface area contributed by atoms with Crippen LogP contribution >= 0.6 is 0 Å². The monoisotopic (exact) mass is 151 g/mol. The number of hydrogen-bond donors (Lipinski definition) is 0. The van der Waals surface area contributed by atoms with E-state index in [-0.39, 0.29) is 0 Å². The predicted molar refractivity (Wildman–Crippen MR) is 39.4 cm³/mol. The van der Waals surface area contributed by atoms with Crippen molar-refractivity contribution in [1.29, 1.82) is 0 Å². The molecule has 0 aliphatic carbocycles. The molecule has 1 aromatic rings. The highest BCUT2D eigenvalue weighted by Crippen LogP contribution is 1.99. The molecule has 4 heteroatoms. The lowest BCUT2D eigenvalue weighted by Gasteiger charge is -1.80. The molecule has 0 saturated heterocycles. The topological polar surface area (TPSA) is 60.2 Å². The zero-order valence-electron chi connectivity index (χ0n) is 5.56. The molecule has 0 saturated carbocycles. The fourth-order valence-corrected chi connectivity index (χ4v) is 0.672. The van der Waals surface area contributed by atoms with Crippen LogP contribution in [0.3, 0.4) is 0 Å². The van der Waals surface area contributed by atoms with Crippen LogP contribution in [0.2, 0.25) is 0 Å². The first-order valence-electron chi connectivity index (χ1n) is 2.95. The van der Waals surface area contributed by atoms with Gasteiger partial charge >= 0.3 is 5.69 Å². The van der Waals surface area contributed by atoms with E-state index in [0.29, 0.717) is 0 Å². The second kappa shape index (κ2) is 2.92. The fourth-order valence-electron chi connectivity index (χ4n) is 0.672. The lowest BCUT2D eigenvalue weighted by atomic mass is 10.4. The van der Waals surface area contributed by atoms with Crippen LogP contribution in [0.25, 0.3) is 0 Å². The average Bonchev–Trinajstić information content (AvgIpc) is 2.13. The molecule has 0 atom stereocenters. The van der Waals surface area contributed by atoms with E-state index in [9.17, 15) is 14.9 Å². The van der Waals surface area contributed by atoms with E-state index in [0.717, 1.165) is 6.07 Å². The fraction of sp³-hybridized carbons (Fsp3) is 0. The van der Waals surface area contributed by atoms with Gasteiger partial charge in [0.2, 0.25) is 0 Å². The first-order valence-corrected chi connectivity index (χ1v) is 2.95. The van der Waals surface area contributed by atoms with Gasteiger partial charge in [0, 0.05) is 6.07 Å². The van der Waals surface area contributed by atoms with Gasteiger partial charge in [0.15, 0.2) is 0 Å². The summed E-state index contributed by atoms with van der Waals surface area (Å²) < 4.78 is 0. The third-order valence-corrected chi connectivity index (χ3v) is 1.17. The van der Waals surface area contributed by atoms with Crippen molar-refractivity contribution in [2.45, 2.75) is 0 Å². The van der Waals surface area contributed by atoms with E-state index in [4.69, 9.17) is 0 Å². The molecule has 0 fully saturated rings. The Balaban J connectivity index is 3.41. The lowest BCUT2D eigenvalue weighted by molar-refractivity contribution is -0.385. The Kier molecular flexibility index (Phi) is 1.96. The maximum absolute atomic E-state index is 10.8. The van der Waals surface area contributed by atoms with Gasteiger partial charge in [-0.15, -0.1) is 0 Å². The summed E-state index contributed by atoms with van der Waals surface area (Å²) in [6.07, 6.45) is 0. The van der Waals surface area contributed by atoms with Crippen LogP contribution < -0.4 is 5.43 Å². The normalized spacial score (nSPS) is 9.09. The Hall–Kier alpha value is -1.71. The standard InChI is InChI=1S/C7H5NO3/c9-7-5-3-1-2-4-6(7)8(10)11/h1-5H. The van der Waals surface area contributed by atoms with Gasteiger partial charge in [-0.25, -0.2) is 0 Å². The van der Waals surface area contributed by atoms with Crippen molar-refractivity contribution in [2.24, 2.45) is 0 Å². The Morgan fingerprint density at radius 2 is 1.82 bits per heavy atom. The number of rotatable bonds is 1. The summed E-state index contributed by atoms with van der Waals surface area (Å²) in [7, 11) is 0. The van der Waals surface area contributed by atoms with E-state index in [1.807, 2.05) is 0 Å². The first-order chi connectivity index (χ1) is 5.22. The van der Waals surface area contributed by atoms with Crippen molar-refractivity contribution in [2.75, 3.05) is 0 Å². The second-order valence-corrected chi connectivity index (χ2v) is 1.92. The number of hydrogen-bond acceptors (Lipinski definition) is 3. The van der Waals surface area contributed by atoms with Gasteiger partial charge < -0.3 is 0 Å². The van der Waals surface area contributed by atoms with Crippen LogP contribution in [-0.2, 0) is 0 Å². The van der Waals surface area contributed by atoms with E-state index >= 15 is 0 Å². The van der Waals surface area contributed by atoms with Crippen LogP contribution in [0.1, 0.15) is 0 Å². The van der Waals surface area contributed by atoms with Crippen LogP contribution in [0.4, 0.5) is 5.69 Å². The zero-order valence-corrected chi connectivity index (χ0v) is 5.56. The highest BCUT2D eigenvalue weighted by molar-refractivity contribution is 5.27. The van der Waals surface area contributed by atoms with Crippen LogP contribution in [-0.4, -0.2) is 4.92 Å². The Morgan fingerprint density at radius 1 is 1.18 bits per heavy atom. The minimum Gasteiger partial charge on any atom is -0.282 e. The quantitative estimate of drug-likeness (QED) is 0.443. The molecule has 4 nitrogen and oxygen atoms in total. The molecule has 0 aromatic heterocycles. The molecule has 56 valence electrons. The van der Waals surface area contributed by atoms with E-state index in [2.05, 4.69) is 0 Å². The van der Waals surface area contributed by atoms with Gasteiger partial charge in [-0.1, -0.05) is 18.2 Å². The third kappa shape index (κ3) is 1.61. The first kappa shape index (κ1) is 7.40. The van der Waals surface area contributed by atoms with E-state index in [1.165, 1.54) is 18.2 Å². The van der Waals surface area contributed by atoms with Crippen molar-refractivity contribution in [3.05, 3.63) is 50.7 Å². The van der Waals surface area contributed by atoms with Gasteiger partial charge in [-0.2, -0.15) is 0 Å². The van der Waals surface area contributed by atoms with Crippen LogP contribution in [0.15, 0.2) is 35.1 Å². The molecule has 1 rings (SSSR count).